The van der Waals surface area contributed by atoms with E-state index < -0.39 is 0 Å². The minimum Gasteiger partial charge on any atom is -0.348 e. The number of nitrogens with zero attached hydrogens (tertiary/aromatic N) is 1. The van der Waals surface area contributed by atoms with Crippen LogP contribution in [0.15, 0.2) is 12.7 Å². The summed E-state index contributed by atoms with van der Waals surface area (Å²) >= 11 is 0. The van der Waals surface area contributed by atoms with Gasteiger partial charge in [-0.05, 0) is 53.2 Å². The van der Waals surface area contributed by atoms with Gasteiger partial charge >= 0.3 is 0 Å². The van der Waals surface area contributed by atoms with Gasteiger partial charge in [-0.1, -0.05) is 13.5 Å². The van der Waals surface area contributed by atoms with Crippen LogP contribution in [-0.2, 0) is 4.79 Å². The second-order valence-corrected chi connectivity index (χ2v) is 6.40. The van der Waals surface area contributed by atoms with Crippen LogP contribution in [0.3, 0.4) is 0 Å². The van der Waals surface area contributed by atoms with E-state index in [1.54, 1.807) is 0 Å². The molecule has 1 N–H and O–H groups in total. The lowest BCUT2D eigenvalue weighted by molar-refractivity contribution is -0.121. The van der Waals surface area contributed by atoms with Crippen molar-refractivity contribution in [2.24, 2.45) is 5.92 Å². The van der Waals surface area contributed by atoms with Crippen LogP contribution in [0.5, 0.6) is 0 Å². The Hall–Kier alpha value is -0.830. The molecule has 1 amide bonds. The fourth-order valence-corrected chi connectivity index (χ4v) is 3.26. The van der Waals surface area contributed by atoms with Crippen LogP contribution in [0.4, 0.5) is 0 Å². The molecule has 1 aliphatic rings. The molecule has 17 heavy (non-hydrogen) atoms. The van der Waals surface area contributed by atoms with Crippen molar-refractivity contribution in [1.29, 1.82) is 0 Å². The van der Waals surface area contributed by atoms with Gasteiger partial charge in [-0.15, -0.1) is 0 Å². The van der Waals surface area contributed by atoms with Crippen LogP contribution < -0.4 is 5.32 Å². The van der Waals surface area contributed by atoms with Crippen molar-refractivity contribution in [1.82, 2.24) is 10.2 Å². The maximum absolute atomic E-state index is 11.5. The van der Waals surface area contributed by atoms with Crippen molar-refractivity contribution < 1.29 is 4.79 Å². The van der Waals surface area contributed by atoms with E-state index in [4.69, 9.17) is 0 Å². The Balaban J connectivity index is 2.98. The molecule has 3 heteroatoms. The summed E-state index contributed by atoms with van der Waals surface area (Å²) in [6.07, 6.45) is 2.43. The smallest absolute Gasteiger partial charge is 0.243 e. The van der Waals surface area contributed by atoms with E-state index in [1.807, 2.05) is 0 Å². The normalized spacial score (nSPS) is 31.9. The number of hydrogen-bond donors (Lipinski definition) is 1. The van der Waals surface area contributed by atoms with Gasteiger partial charge in [0.15, 0.2) is 0 Å². The summed E-state index contributed by atoms with van der Waals surface area (Å²) in [5.74, 6) is 0.378. The topological polar surface area (TPSA) is 32.3 Å². The van der Waals surface area contributed by atoms with Crippen LogP contribution in [0.2, 0.25) is 0 Å². The largest absolute Gasteiger partial charge is 0.348 e. The summed E-state index contributed by atoms with van der Waals surface area (Å²) in [4.78, 5) is 13.9. The zero-order valence-electron chi connectivity index (χ0n) is 12.0. The minimum atomic E-state index is -0.0805. The highest BCUT2D eigenvalue weighted by Crippen LogP contribution is 2.40. The molecular weight excluding hydrogens is 212 g/mol. The first-order chi connectivity index (χ1) is 7.63. The van der Waals surface area contributed by atoms with Gasteiger partial charge in [-0.3, -0.25) is 9.69 Å². The van der Waals surface area contributed by atoms with Crippen LogP contribution in [-0.4, -0.2) is 35.0 Å². The fraction of sp³-hybridized carbons (Fsp3) is 0.786. The molecule has 1 saturated heterocycles. The Morgan fingerprint density at radius 2 is 1.94 bits per heavy atom. The highest BCUT2D eigenvalue weighted by Gasteiger charge is 2.48. The van der Waals surface area contributed by atoms with Gasteiger partial charge in [0.05, 0.1) is 0 Å². The Morgan fingerprint density at radius 1 is 1.41 bits per heavy atom. The Bertz CT molecular complexity index is 320. The summed E-state index contributed by atoms with van der Waals surface area (Å²) in [5, 5.41) is 3.08. The molecule has 0 radical (unpaired) electrons. The van der Waals surface area contributed by atoms with Gasteiger partial charge in [-0.25, -0.2) is 0 Å². The lowest BCUT2D eigenvalue weighted by atomic mass is 9.71. The third-order valence-corrected chi connectivity index (χ3v) is 4.41. The van der Waals surface area contributed by atoms with E-state index in [-0.39, 0.29) is 23.0 Å². The van der Waals surface area contributed by atoms with E-state index in [0.29, 0.717) is 5.92 Å². The lowest BCUT2D eigenvalue weighted by Gasteiger charge is -2.57. The molecule has 0 spiro atoms. The molecule has 1 rings (SSSR count). The van der Waals surface area contributed by atoms with E-state index in [1.165, 1.54) is 6.08 Å². The highest BCUT2D eigenvalue weighted by molar-refractivity contribution is 5.87. The van der Waals surface area contributed by atoms with E-state index >= 15 is 0 Å². The van der Waals surface area contributed by atoms with Crippen LogP contribution in [0.25, 0.3) is 0 Å². The van der Waals surface area contributed by atoms with Gasteiger partial charge in [0.25, 0.3) is 0 Å². The van der Waals surface area contributed by atoms with Crippen LogP contribution in [0.1, 0.15) is 41.0 Å². The average Bonchev–Trinajstić information content (AvgIpc) is 2.21. The first-order valence-electron chi connectivity index (χ1n) is 6.30. The number of likely N-dealkylation sites (tertiary alicyclic amines) is 1. The van der Waals surface area contributed by atoms with Crippen molar-refractivity contribution in [3.05, 3.63) is 12.7 Å². The number of carbonyl (C=O) groups excluding carboxylic acids is 1. The van der Waals surface area contributed by atoms with E-state index in [2.05, 4.69) is 58.5 Å². The third kappa shape index (κ3) is 2.54. The molecule has 0 saturated carbocycles. The number of hydrogen-bond acceptors (Lipinski definition) is 2. The lowest BCUT2D eigenvalue weighted by Crippen LogP contribution is -2.69. The van der Waals surface area contributed by atoms with Crippen molar-refractivity contribution >= 4 is 5.91 Å². The SMILES string of the molecule is C=CC(=O)NC1C(C)CC(C)(C)N(C)C1(C)C. The van der Waals surface area contributed by atoms with Gasteiger partial charge in [0.2, 0.25) is 5.91 Å². The number of likely N-dealkylation sites (N-methyl/N-ethyl adjacent to an activating group) is 1. The third-order valence-electron chi connectivity index (χ3n) is 4.41. The Kier molecular flexibility index (Phi) is 3.72. The van der Waals surface area contributed by atoms with Gasteiger partial charge < -0.3 is 5.32 Å². The molecule has 2 atom stereocenters. The zero-order chi connectivity index (χ0) is 13.4. The number of piperidine rings is 1. The number of nitrogens with one attached hydrogen (secondary N) is 1. The van der Waals surface area contributed by atoms with Crippen molar-refractivity contribution in [2.45, 2.75) is 58.2 Å². The summed E-state index contributed by atoms with van der Waals surface area (Å²) in [5.41, 5.74) is 0.109. The van der Waals surface area contributed by atoms with Crippen molar-refractivity contribution in [3.8, 4) is 0 Å². The molecule has 1 fully saturated rings. The molecule has 98 valence electrons. The first-order valence-corrected chi connectivity index (χ1v) is 6.30. The van der Waals surface area contributed by atoms with E-state index in [0.717, 1.165) is 6.42 Å². The fourth-order valence-electron chi connectivity index (χ4n) is 3.26. The average molecular weight is 238 g/mol. The highest BCUT2D eigenvalue weighted by atomic mass is 16.1. The molecule has 1 heterocycles. The standard InChI is InChI=1S/C14H26N2O/c1-8-11(17)15-12-10(2)9-13(3,4)16(7)14(12,5)6/h8,10,12H,1,9H2,2-7H3,(H,15,17). The molecule has 0 bridgehead atoms. The van der Waals surface area contributed by atoms with Gasteiger partial charge in [0, 0.05) is 17.1 Å². The van der Waals surface area contributed by atoms with Gasteiger partial charge in [-0.2, -0.15) is 0 Å². The predicted molar refractivity (Wildman–Crippen MR) is 71.8 cm³/mol. The second-order valence-electron chi connectivity index (χ2n) is 6.40. The summed E-state index contributed by atoms with van der Waals surface area (Å²) in [6, 6.07) is 0.158. The first kappa shape index (κ1) is 14.2. The second kappa shape index (κ2) is 4.45. The summed E-state index contributed by atoms with van der Waals surface area (Å²) in [7, 11) is 2.14. The number of carbonyl (C=O) groups is 1. The molecule has 1 aliphatic heterocycles. The molecule has 0 aromatic heterocycles. The van der Waals surface area contributed by atoms with Gasteiger partial charge in [0.1, 0.15) is 0 Å². The summed E-state index contributed by atoms with van der Waals surface area (Å²) in [6.45, 7) is 14.6. The molecule has 2 unspecified atom stereocenters. The Labute approximate surface area is 105 Å². The van der Waals surface area contributed by atoms with Crippen molar-refractivity contribution in [3.63, 3.8) is 0 Å². The molecule has 0 aliphatic carbocycles. The van der Waals surface area contributed by atoms with Crippen molar-refractivity contribution in [2.75, 3.05) is 7.05 Å². The monoisotopic (exact) mass is 238 g/mol. The van der Waals surface area contributed by atoms with Crippen LogP contribution >= 0.6 is 0 Å². The van der Waals surface area contributed by atoms with E-state index in [9.17, 15) is 4.79 Å². The minimum absolute atomic E-state index is 0.0557. The Morgan fingerprint density at radius 3 is 2.41 bits per heavy atom. The maximum atomic E-state index is 11.5. The molecule has 0 aromatic rings. The zero-order valence-corrected chi connectivity index (χ0v) is 12.0. The van der Waals surface area contributed by atoms with Crippen LogP contribution in [0, 0.1) is 5.92 Å². The molecule has 0 aromatic carbocycles. The summed E-state index contributed by atoms with van der Waals surface area (Å²) < 4.78 is 0. The molecule has 3 nitrogen and oxygen atoms in total. The maximum Gasteiger partial charge on any atom is 0.243 e. The quantitative estimate of drug-likeness (QED) is 0.748. The predicted octanol–water partition coefficient (Wildman–Crippen LogP) is 2.19. The number of amides is 1. The number of rotatable bonds is 2. The molecular formula is C14H26N2O.